The monoisotopic (exact) mass is 2190 g/mol. The molecule has 0 bridgehead atoms. The molecule has 798 valence electrons. The molecule has 6 aliphatic heterocycles. The van der Waals surface area contributed by atoms with Crippen LogP contribution in [0.5, 0.6) is 0 Å². The van der Waals surface area contributed by atoms with Crippen molar-refractivity contribution in [2.75, 3.05) is 158 Å². The molecule has 14 rings (SSSR count). The van der Waals surface area contributed by atoms with E-state index in [1.807, 2.05) is 0 Å². The highest BCUT2D eigenvalue weighted by molar-refractivity contribution is 8.32. The van der Waals surface area contributed by atoms with Crippen LogP contribution in [0.15, 0.2) is 78.9 Å². The van der Waals surface area contributed by atoms with Crippen LogP contribution in [-0.4, -0.2) is 321 Å². The van der Waals surface area contributed by atoms with Crippen LogP contribution in [0.3, 0.4) is 0 Å². The Hall–Kier alpha value is -7.48. The summed E-state index contributed by atoms with van der Waals surface area (Å²) < 4.78 is 207. The van der Waals surface area contributed by atoms with Gasteiger partial charge in [-0.15, -0.1) is 0 Å². The van der Waals surface area contributed by atoms with Gasteiger partial charge in [0.2, 0.25) is 0 Å². The number of nitrogen functional groups attached to an aromatic ring is 4. The van der Waals surface area contributed by atoms with Gasteiger partial charge < -0.3 is 181 Å². The zero-order chi connectivity index (χ0) is 104. The third-order valence-corrected chi connectivity index (χ3v) is 30.0. The molecule has 11 unspecified atom stereocenters. The van der Waals surface area contributed by atoms with E-state index in [1.54, 1.807) is 13.8 Å². The third kappa shape index (κ3) is 26.6. The van der Waals surface area contributed by atoms with Gasteiger partial charge in [-0.2, -0.15) is 9.97 Å². The molecule has 0 aliphatic carbocycles. The van der Waals surface area contributed by atoms with Crippen LogP contribution in [0.2, 0.25) is 0 Å². The van der Waals surface area contributed by atoms with E-state index < -0.39 is 264 Å². The number of fused-ring (bicyclic) bond motifs is 2. The van der Waals surface area contributed by atoms with Crippen molar-refractivity contribution in [3.63, 3.8) is 0 Å². The Labute approximate surface area is 831 Å². The molecule has 0 radical (unpaired) electrons. The summed E-state index contributed by atoms with van der Waals surface area (Å²) in [5.74, 6) is -0.571. The van der Waals surface area contributed by atoms with Crippen molar-refractivity contribution in [1.29, 1.82) is 0 Å². The summed E-state index contributed by atoms with van der Waals surface area (Å²) in [6.07, 6.45) is -28.8. The standard InChI is InChI=1S/C76H111N20O40P5S3/c1-11-40-41(22-47(126-40)91-25-38(4)66(98)89-75(91)102)132-139(108,142)124-30-45-52(56(117-18-13-112-7)69(129-45)94-26-39(5)67(99)90-76(94)103)134-137(104,105)121-28-43-51(57(118-19-14-113-8)71(130-43)95-34-85-48-62(79)81-32-83-64(48)95)133-138(106,107)122-29-44-53(58(119-20-15-114-9)70(128-44)93-24-37(3)61(78)88-74(93)101)135-141(110,144)125-31-46-54(59(120-21-16-115-10)72(131-46)96-35-86-49-63(80)82-33-84-65(49)96)136-140(109,143)123-27-42-50(97)55(116-17-12-111-6)68(127-42)92-23-36(2)60(77)87-73(92)100/h23-26,32-35,40-47,50-59,68-72,97H,11-22,27-31H2,1-10H3,(H,104,105)(H,106,107)(H,108,142)(H,109,143)(H,110,144)(H2,77,87,100)(H2,78,88,101)(H2,79,81,83)(H2,80,82,84)(H,89,98,102)(H,90,99,103)/p-5/t40-,41?,42-,43-,44-,45-,46-,47-,50?,51?,52?,53?,54?,55+,56+,57+,58+,59+,68-,69-,70-,71-,72-,139?,140?,141?/m1/s1. The number of aromatic nitrogens is 16. The number of phosphoric ester groups is 2. The number of hydrogen-bond donors (Lipinski definition) is 7. The Kier molecular flexibility index (Phi) is 37.9. The molecular formula is C76H106N20O40P5S3-5. The van der Waals surface area contributed by atoms with Gasteiger partial charge in [0.1, 0.15) is 147 Å². The number of aromatic amines is 2. The van der Waals surface area contributed by atoms with Gasteiger partial charge in [-0.05, 0) is 34.1 Å². The molecule has 14 heterocycles. The Morgan fingerprint density at radius 2 is 0.764 bits per heavy atom. The first kappa shape index (κ1) is 112. The number of aryl methyl sites for hydroxylation is 4. The maximum absolute atomic E-state index is 15.6. The zero-order valence-corrected chi connectivity index (χ0v) is 85.2. The number of aliphatic hydroxyl groups is 1. The summed E-state index contributed by atoms with van der Waals surface area (Å²) >= 11 is 16.7. The average Bonchev–Trinajstić information content (AvgIpc) is 1.61. The number of anilines is 4. The first-order chi connectivity index (χ1) is 68.5. The molecule has 144 heavy (non-hydrogen) atoms. The summed E-state index contributed by atoms with van der Waals surface area (Å²) in [5.41, 5.74) is 19.8. The lowest BCUT2D eigenvalue weighted by Crippen LogP contribution is -2.42. The number of imidazole rings is 2. The largest absolute Gasteiger partial charge is 0.780 e. The molecule has 6 aliphatic rings. The molecule has 0 spiro atoms. The first-order valence-electron chi connectivity index (χ1n) is 44.0. The fraction of sp³-hybridized carbons (Fsp3) is 0.658. The van der Waals surface area contributed by atoms with Crippen molar-refractivity contribution in [3.8, 4) is 0 Å². The number of nitrogens with zero attached hydrogens (tertiary/aromatic N) is 14. The lowest BCUT2D eigenvalue weighted by Gasteiger charge is -2.36. The second kappa shape index (κ2) is 48.6. The minimum Gasteiger partial charge on any atom is -0.780 e. The number of H-pyrrole nitrogens is 2. The highest BCUT2D eigenvalue weighted by atomic mass is 32.7. The highest BCUT2D eigenvalue weighted by Gasteiger charge is 2.57. The van der Waals surface area contributed by atoms with E-state index in [-0.39, 0.29) is 121 Å². The van der Waals surface area contributed by atoms with Gasteiger partial charge >= 0.3 is 22.8 Å². The molecule has 68 heteroatoms. The first-order valence-corrected chi connectivity index (χ1v) is 54.6. The van der Waals surface area contributed by atoms with Gasteiger partial charge in [-0.25, -0.2) is 49.1 Å². The number of nitrogens with one attached hydrogen (secondary N) is 2. The number of ether oxygens (including phenoxy) is 16. The second-order valence-corrected chi connectivity index (χ2v) is 43.8. The number of rotatable bonds is 52. The van der Waals surface area contributed by atoms with Crippen LogP contribution in [0.4, 0.5) is 23.3 Å². The second-order valence-electron chi connectivity index (χ2n) is 33.0. The molecule has 6 fully saturated rings. The quantitative estimate of drug-likeness (QED) is 0.0110. The van der Waals surface area contributed by atoms with E-state index in [0.29, 0.717) is 5.56 Å². The van der Waals surface area contributed by atoms with E-state index in [0.717, 1.165) is 43.4 Å². The summed E-state index contributed by atoms with van der Waals surface area (Å²) in [6, 6.07) is 0. The summed E-state index contributed by atoms with van der Waals surface area (Å²) in [5, 5.41) is 11.8. The Bertz CT molecular complexity index is 6440. The van der Waals surface area contributed by atoms with Crippen molar-refractivity contribution < 1.29 is 159 Å². The van der Waals surface area contributed by atoms with Crippen molar-refractivity contribution in [3.05, 3.63) is 135 Å². The van der Waals surface area contributed by atoms with Crippen molar-refractivity contribution in [2.45, 2.75) is 189 Å². The molecule has 11 N–H and O–H groups in total. The van der Waals surface area contributed by atoms with E-state index >= 15 is 28.4 Å². The van der Waals surface area contributed by atoms with Crippen LogP contribution in [0.25, 0.3) is 22.3 Å². The molecule has 60 nitrogen and oxygen atoms in total. The van der Waals surface area contributed by atoms with E-state index in [4.69, 9.17) is 180 Å². The molecule has 28 atom stereocenters. The smallest absolute Gasteiger partial charge is 0.351 e. The minimum absolute atomic E-state index is 0.0298. The van der Waals surface area contributed by atoms with Gasteiger partial charge in [-0.1, -0.05) is 30.5 Å². The molecule has 8 aromatic rings. The van der Waals surface area contributed by atoms with Crippen molar-refractivity contribution in [2.24, 2.45) is 0 Å². The number of nitrogens with two attached hydrogens (primary N) is 4. The lowest BCUT2D eigenvalue weighted by molar-refractivity contribution is -0.241. The molecule has 8 aromatic heterocycles. The Morgan fingerprint density at radius 1 is 0.417 bits per heavy atom. The van der Waals surface area contributed by atoms with Gasteiger partial charge in [0.15, 0.2) is 60.9 Å². The third-order valence-electron chi connectivity index (χ3n) is 23.4. The average molecular weight is 2190 g/mol. The minimum atomic E-state index is -6.20. The Morgan fingerprint density at radius 3 is 1.19 bits per heavy atom. The molecule has 0 aromatic carbocycles. The van der Waals surface area contributed by atoms with Crippen LogP contribution in [0, 0.1) is 27.7 Å². The predicted molar refractivity (Wildman–Crippen MR) is 492 cm³/mol. The number of phosphoric acid groups is 2. The molecule has 0 amide bonds. The molecular weight excluding hydrogens is 2080 g/mol. The van der Waals surface area contributed by atoms with E-state index in [2.05, 4.69) is 49.8 Å². The predicted octanol–water partition coefficient (Wildman–Crippen LogP) is -3.68. The normalized spacial score (nSPS) is 29.3. The fourth-order valence-corrected chi connectivity index (χ4v) is 22.6. The van der Waals surface area contributed by atoms with Crippen LogP contribution in [-0.2, 0) is 171 Å². The number of hydrogen-bond acceptors (Lipinski definition) is 55. The summed E-state index contributed by atoms with van der Waals surface area (Å²) in [6.45, 7) is -15.5. The topological polar surface area (TPSA) is 774 Å². The maximum Gasteiger partial charge on any atom is 0.351 e. The molecule has 6 saturated heterocycles. The SMILES string of the molecule is CC[C@H]1O[C@@H](n2cc(C)c(=O)[nH]c2=O)CC1OP([O-])(=S)OC[C@H]1O[C@@H](n2cc(C)c(=O)[nH]c2=O)[C@@H](OCCOC)C1OP(=O)([O-])OC[C@H]1O[C@@H](n2cnc3c(N)ncnc32)[C@@H](OCCOC)C1OP(=O)([O-])OC[C@H]1O[C@@H](n2cc(C)c(N)nc2=O)[C@@H](OCCOC)C1OP(=O)([S-])OC[C@H]1O[C@@H](n2cnc3c(N)ncnc32)[C@@H](OCCOC)C1OP([O-])(=S)OC[C@H]1O[C@@H](n2cc(C)c(N)nc2=O)[C@@H](OCCOC)C1O. The van der Waals surface area contributed by atoms with Crippen molar-refractivity contribution >= 4 is 117 Å². The maximum atomic E-state index is 15.6. The summed E-state index contributed by atoms with van der Waals surface area (Å²) in [4.78, 5) is 177. The van der Waals surface area contributed by atoms with E-state index in [9.17, 15) is 38.8 Å². The zero-order valence-electron chi connectivity index (χ0n) is 78.3. The van der Waals surface area contributed by atoms with Gasteiger partial charge in [-0.3, -0.25) is 60.7 Å². The van der Waals surface area contributed by atoms with Crippen LogP contribution >= 0.6 is 35.9 Å². The lowest BCUT2D eigenvalue weighted by atomic mass is 10.1. The van der Waals surface area contributed by atoms with Gasteiger partial charge in [0.25, 0.3) is 26.8 Å². The Balaban J connectivity index is 0.758. The van der Waals surface area contributed by atoms with E-state index in [1.165, 1.54) is 90.4 Å². The van der Waals surface area contributed by atoms with Crippen LogP contribution < -0.4 is 76.4 Å². The number of aliphatic hydroxyl groups excluding tert-OH is 1. The summed E-state index contributed by atoms with van der Waals surface area (Å²) in [7, 11) is -5.65. The van der Waals surface area contributed by atoms with Crippen molar-refractivity contribution in [1.82, 2.24) is 77.2 Å². The highest BCUT2D eigenvalue weighted by Crippen LogP contribution is 2.57. The fourth-order valence-electron chi connectivity index (χ4n) is 16.4. The number of methoxy groups -OCH3 is 5. The molecule has 0 saturated carbocycles. The van der Waals surface area contributed by atoms with Gasteiger partial charge in [0, 0.05) is 89.0 Å². The van der Waals surface area contributed by atoms with Gasteiger partial charge in [0.05, 0.1) is 124 Å². The van der Waals surface area contributed by atoms with Crippen LogP contribution in [0.1, 0.15) is 79.4 Å².